The van der Waals surface area contributed by atoms with E-state index in [-0.39, 0.29) is 23.1 Å². The summed E-state index contributed by atoms with van der Waals surface area (Å²) in [6.45, 7) is 6.25. The number of carbonyl (C=O) groups excluding carboxylic acids is 1. The van der Waals surface area contributed by atoms with Crippen LogP contribution in [0.2, 0.25) is 0 Å². The Morgan fingerprint density at radius 1 is 0.946 bits per heavy atom. The van der Waals surface area contributed by atoms with Gasteiger partial charge in [0.25, 0.3) is 10.0 Å². The molecule has 3 aromatic carbocycles. The highest BCUT2D eigenvalue weighted by atomic mass is 32.2. The van der Waals surface area contributed by atoms with Crippen LogP contribution in [0.4, 0.5) is 11.4 Å². The molecule has 0 atom stereocenters. The van der Waals surface area contributed by atoms with Crippen molar-refractivity contribution in [3.63, 3.8) is 0 Å². The van der Waals surface area contributed by atoms with Gasteiger partial charge in [0.15, 0.2) is 0 Å². The number of hydrogen-bond donors (Lipinski definition) is 0. The van der Waals surface area contributed by atoms with Gasteiger partial charge in [-0.2, -0.15) is 0 Å². The fourth-order valence-corrected chi connectivity index (χ4v) is 6.03. The maximum Gasteiger partial charge on any atom is 0.268 e. The summed E-state index contributed by atoms with van der Waals surface area (Å²) in [7, 11) is -2.69. The number of sulfonamides is 1. The van der Waals surface area contributed by atoms with Gasteiger partial charge in [0.05, 0.1) is 19.4 Å². The number of benzene rings is 3. The molecule has 9 heteroatoms. The first-order valence-electron chi connectivity index (χ1n) is 12.3. The SMILES string of the molecule is CCOc1ccc(N(CC(=O)N2CCN(c3ccccc3)CC2)S(=O)(=O)c2cc(C)ccc2OC)cc1. The summed E-state index contributed by atoms with van der Waals surface area (Å²) in [6, 6.07) is 21.8. The zero-order valence-electron chi connectivity index (χ0n) is 21.5. The van der Waals surface area contributed by atoms with Crippen LogP contribution in [0.1, 0.15) is 12.5 Å². The molecule has 0 aromatic heterocycles. The van der Waals surface area contributed by atoms with Crippen molar-refractivity contribution in [2.24, 2.45) is 0 Å². The third-order valence-electron chi connectivity index (χ3n) is 6.36. The molecule has 1 fully saturated rings. The zero-order valence-corrected chi connectivity index (χ0v) is 22.3. The fraction of sp³-hybridized carbons (Fsp3) is 0.321. The maximum atomic E-state index is 14.0. The van der Waals surface area contributed by atoms with Gasteiger partial charge in [0.1, 0.15) is 22.9 Å². The van der Waals surface area contributed by atoms with Crippen molar-refractivity contribution in [3.05, 3.63) is 78.4 Å². The normalized spacial score (nSPS) is 13.8. The van der Waals surface area contributed by atoms with E-state index in [0.717, 1.165) is 15.6 Å². The minimum Gasteiger partial charge on any atom is -0.495 e. The predicted molar refractivity (Wildman–Crippen MR) is 145 cm³/mol. The van der Waals surface area contributed by atoms with Gasteiger partial charge in [-0.05, 0) is 67.9 Å². The molecule has 3 aromatic rings. The number of ether oxygens (including phenoxy) is 2. The van der Waals surface area contributed by atoms with E-state index in [9.17, 15) is 13.2 Å². The molecule has 0 aliphatic carbocycles. The van der Waals surface area contributed by atoms with Crippen LogP contribution in [0, 0.1) is 6.92 Å². The molecular formula is C28H33N3O5S. The molecule has 1 heterocycles. The first kappa shape index (κ1) is 26.3. The highest BCUT2D eigenvalue weighted by Crippen LogP contribution is 2.32. The Bertz CT molecular complexity index is 1310. The number of rotatable bonds is 9. The van der Waals surface area contributed by atoms with Crippen LogP contribution in [0.5, 0.6) is 11.5 Å². The molecule has 4 rings (SSSR count). The number of piperazine rings is 1. The van der Waals surface area contributed by atoms with Crippen molar-refractivity contribution >= 4 is 27.3 Å². The highest BCUT2D eigenvalue weighted by Gasteiger charge is 2.32. The molecule has 37 heavy (non-hydrogen) atoms. The van der Waals surface area contributed by atoms with E-state index in [1.165, 1.54) is 7.11 Å². The first-order chi connectivity index (χ1) is 17.8. The molecule has 0 spiro atoms. The molecule has 1 aliphatic heterocycles. The lowest BCUT2D eigenvalue weighted by molar-refractivity contribution is -0.129. The molecule has 0 radical (unpaired) electrons. The molecule has 0 unspecified atom stereocenters. The number of amides is 1. The van der Waals surface area contributed by atoms with Crippen LogP contribution in [-0.2, 0) is 14.8 Å². The van der Waals surface area contributed by atoms with Crippen molar-refractivity contribution in [2.45, 2.75) is 18.7 Å². The highest BCUT2D eigenvalue weighted by molar-refractivity contribution is 7.93. The third kappa shape index (κ3) is 5.99. The van der Waals surface area contributed by atoms with Gasteiger partial charge in [-0.3, -0.25) is 9.10 Å². The van der Waals surface area contributed by atoms with Crippen molar-refractivity contribution in [1.82, 2.24) is 4.90 Å². The topological polar surface area (TPSA) is 79.4 Å². The number of aryl methyl sites for hydroxylation is 1. The largest absolute Gasteiger partial charge is 0.495 e. The predicted octanol–water partition coefficient (Wildman–Crippen LogP) is 3.95. The average molecular weight is 524 g/mol. The lowest BCUT2D eigenvalue weighted by Crippen LogP contribution is -2.52. The summed E-state index contributed by atoms with van der Waals surface area (Å²) >= 11 is 0. The molecule has 8 nitrogen and oxygen atoms in total. The van der Waals surface area contributed by atoms with E-state index in [1.807, 2.05) is 44.2 Å². The number of nitrogens with zero attached hydrogens (tertiary/aromatic N) is 3. The van der Waals surface area contributed by atoms with E-state index < -0.39 is 10.0 Å². The van der Waals surface area contributed by atoms with E-state index >= 15 is 0 Å². The Kier molecular flexibility index (Phi) is 8.23. The van der Waals surface area contributed by atoms with Crippen LogP contribution >= 0.6 is 0 Å². The van der Waals surface area contributed by atoms with E-state index in [1.54, 1.807) is 47.4 Å². The minimum absolute atomic E-state index is 0.0191. The number of hydrogen-bond acceptors (Lipinski definition) is 6. The molecule has 1 saturated heterocycles. The van der Waals surface area contributed by atoms with E-state index in [2.05, 4.69) is 4.90 Å². The van der Waals surface area contributed by atoms with Gasteiger partial charge in [-0.15, -0.1) is 0 Å². The van der Waals surface area contributed by atoms with Crippen LogP contribution in [0.3, 0.4) is 0 Å². The second-order valence-corrected chi connectivity index (χ2v) is 10.6. The van der Waals surface area contributed by atoms with Gasteiger partial charge < -0.3 is 19.3 Å². The third-order valence-corrected chi connectivity index (χ3v) is 8.15. The summed E-state index contributed by atoms with van der Waals surface area (Å²) in [5.41, 5.74) is 2.26. The second-order valence-electron chi connectivity index (χ2n) is 8.80. The van der Waals surface area contributed by atoms with Crippen LogP contribution in [-0.4, -0.2) is 65.7 Å². The molecule has 0 bridgehead atoms. The molecule has 0 N–H and O–H groups in total. The number of para-hydroxylation sites is 1. The molecule has 196 valence electrons. The van der Waals surface area contributed by atoms with Gasteiger partial charge >= 0.3 is 0 Å². The van der Waals surface area contributed by atoms with Crippen LogP contribution < -0.4 is 18.7 Å². The molecular weight excluding hydrogens is 490 g/mol. The maximum absolute atomic E-state index is 14.0. The van der Waals surface area contributed by atoms with Crippen molar-refractivity contribution in [3.8, 4) is 11.5 Å². The van der Waals surface area contributed by atoms with Gasteiger partial charge in [0, 0.05) is 31.9 Å². The quantitative estimate of drug-likeness (QED) is 0.423. The Morgan fingerprint density at radius 3 is 2.24 bits per heavy atom. The number of carbonyl (C=O) groups is 1. The van der Waals surface area contributed by atoms with Gasteiger partial charge in [0.2, 0.25) is 5.91 Å². The minimum atomic E-state index is -4.12. The fourth-order valence-electron chi connectivity index (χ4n) is 4.37. The Hall–Kier alpha value is -3.72. The van der Waals surface area contributed by atoms with Gasteiger partial charge in [-0.25, -0.2) is 8.42 Å². The first-order valence-corrected chi connectivity index (χ1v) is 13.8. The summed E-state index contributed by atoms with van der Waals surface area (Å²) in [5, 5.41) is 0. The van der Waals surface area contributed by atoms with Crippen LogP contribution in [0.15, 0.2) is 77.7 Å². The lowest BCUT2D eigenvalue weighted by Gasteiger charge is -2.37. The summed E-state index contributed by atoms with van der Waals surface area (Å²) < 4.78 is 40.0. The van der Waals surface area contributed by atoms with Crippen molar-refractivity contribution in [2.75, 3.05) is 55.6 Å². The molecule has 0 saturated carbocycles. The van der Waals surface area contributed by atoms with E-state index in [0.29, 0.717) is 44.2 Å². The Balaban J connectivity index is 1.60. The van der Waals surface area contributed by atoms with Crippen molar-refractivity contribution in [1.29, 1.82) is 0 Å². The van der Waals surface area contributed by atoms with Crippen LogP contribution in [0.25, 0.3) is 0 Å². The second kappa shape index (κ2) is 11.6. The number of anilines is 2. The Labute approximate surface area is 219 Å². The zero-order chi connectivity index (χ0) is 26.4. The lowest BCUT2D eigenvalue weighted by atomic mass is 10.2. The summed E-state index contributed by atoms with van der Waals surface area (Å²) in [5.74, 6) is 0.599. The Morgan fingerprint density at radius 2 is 1.62 bits per heavy atom. The van der Waals surface area contributed by atoms with Crippen molar-refractivity contribution < 1.29 is 22.7 Å². The summed E-state index contributed by atoms with van der Waals surface area (Å²) in [6.07, 6.45) is 0. The average Bonchev–Trinajstić information content (AvgIpc) is 2.93. The van der Waals surface area contributed by atoms with Gasteiger partial charge in [-0.1, -0.05) is 24.3 Å². The number of methoxy groups -OCH3 is 1. The monoisotopic (exact) mass is 523 g/mol. The van der Waals surface area contributed by atoms with E-state index in [4.69, 9.17) is 9.47 Å². The summed E-state index contributed by atoms with van der Waals surface area (Å²) in [4.78, 5) is 17.4. The standard InChI is InChI=1S/C28H33N3O5S/c1-4-36-25-13-11-24(12-14-25)31(37(33,34)27-20-22(2)10-15-26(27)35-3)21-28(32)30-18-16-29(17-19-30)23-8-6-5-7-9-23/h5-15,20H,4,16-19,21H2,1-3H3. The smallest absolute Gasteiger partial charge is 0.268 e. The molecule has 1 amide bonds. The molecule has 1 aliphatic rings.